The number of carbonyl (C=O) groups is 1. The highest BCUT2D eigenvalue weighted by Gasteiger charge is 2.14. The number of urea groups is 1. The third kappa shape index (κ3) is 6.28. The van der Waals surface area contributed by atoms with Crippen molar-refractivity contribution in [3.05, 3.63) is 90.0 Å². The van der Waals surface area contributed by atoms with Crippen LogP contribution in [-0.2, 0) is 22.3 Å². The maximum Gasteiger partial charge on any atom is 0.319 e. The number of carbonyl (C=O) groups excluding carboxylic acids is 1. The van der Waals surface area contributed by atoms with E-state index in [-0.39, 0.29) is 5.56 Å². The third-order valence-electron chi connectivity index (χ3n) is 3.92. The number of amides is 2. The molecule has 29 heavy (non-hydrogen) atoms. The van der Waals surface area contributed by atoms with Crippen LogP contribution in [0.5, 0.6) is 0 Å². The Bertz CT molecular complexity index is 1070. The first-order valence-electron chi connectivity index (χ1n) is 8.69. The number of hydrogen-bond acceptors (Lipinski definition) is 4. The summed E-state index contributed by atoms with van der Waals surface area (Å²) >= 11 is 0. The summed E-state index contributed by atoms with van der Waals surface area (Å²) in [5.74, 6) is -1.05. The quantitative estimate of drug-likeness (QED) is 0.551. The van der Waals surface area contributed by atoms with Gasteiger partial charge in [0, 0.05) is 35.9 Å². The molecule has 0 unspecified atom stereocenters. The normalized spacial score (nSPS) is 10.9. The van der Waals surface area contributed by atoms with Gasteiger partial charge in [-0.15, -0.1) is 0 Å². The summed E-state index contributed by atoms with van der Waals surface area (Å²) in [5.41, 5.74) is 1.80. The monoisotopic (exact) mass is 414 g/mol. The van der Waals surface area contributed by atoms with Crippen LogP contribution in [0, 0.1) is 5.82 Å². The first-order chi connectivity index (χ1) is 13.9. The van der Waals surface area contributed by atoms with Gasteiger partial charge in [0.15, 0.2) is 0 Å². The molecule has 1 aromatic heterocycles. The molecular formula is C20H19FN4O3S. The van der Waals surface area contributed by atoms with Crippen molar-refractivity contribution in [2.45, 2.75) is 12.3 Å². The molecule has 1 heterocycles. The highest BCUT2D eigenvalue weighted by Crippen LogP contribution is 2.17. The molecule has 0 saturated carbocycles. The van der Waals surface area contributed by atoms with Gasteiger partial charge in [-0.2, -0.15) is 0 Å². The van der Waals surface area contributed by atoms with Crippen LogP contribution < -0.4 is 15.4 Å². The summed E-state index contributed by atoms with van der Waals surface area (Å²) in [7, 11) is -3.78. The lowest BCUT2D eigenvalue weighted by Crippen LogP contribution is -2.28. The van der Waals surface area contributed by atoms with Crippen LogP contribution in [0.15, 0.2) is 73.1 Å². The number of rotatable bonds is 7. The molecular weight excluding hydrogens is 395 g/mol. The Morgan fingerprint density at radius 3 is 2.28 bits per heavy atom. The van der Waals surface area contributed by atoms with Crippen molar-refractivity contribution in [1.82, 2.24) is 10.3 Å². The lowest BCUT2D eigenvalue weighted by Gasteiger charge is -2.11. The van der Waals surface area contributed by atoms with E-state index in [1.807, 2.05) is 0 Å². The zero-order valence-electron chi connectivity index (χ0n) is 15.3. The number of hydrogen-bond donors (Lipinski definition) is 3. The zero-order chi connectivity index (χ0) is 20.7. The summed E-state index contributed by atoms with van der Waals surface area (Å²) in [6.45, 7) is 0.349. The lowest BCUT2D eigenvalue weighted by molar-refractivity contribution is 0.251. The number of nitrogens with zero attached hydrogens (tertiary/aromatic N) is 1. The minimum absolute atomic E-state index is 0.0872. The Kier molecular flexibility index (Phi) is 6.40. The molecule has 0 aliphatic carbocycles. The van der Waals surface area contributed by atoms with E-state index < -0.39 is 27.6 Å². The predicted octanol–water partition coefficient (Wildman–Crippen LogP) is 3.48. The number of pyridine rings is 1. The standard InChI is InChI=1S/C20H19FN4O3S/c21-19-4-2-1-3-16(19)14-29(27,28)25-18-7-5-17(6-8-18)24-20(26)23-13-15-9-11-22-12-10-15/h1-12,25H,13-14H2,(H2,23,24,26). The molecule has 3 N–H and O–H groups in total. The van der Waals surface area contributed by atoms with E-state index in [1.165, 1.54) is 30.3 Å². The van der Waals surface area contributed by atoms with Gasteiger partial charge < -0.3 is 10.6 Å². The van der Waals surface area contributed by atoms with Gasteiger partial charge in [0.25, 0.3) is 0 Å². The zero-order valence-corrected chi connectivity index (χ0v) is 16.1. The molecule has 0 bridgehead atoms. The number of nitrogens with one attached hydrogen (secondary N) is 3. The Morgan fingerprint density at radius 1 is 0.931 bits per heavy atom. The van der Waals surface area contributed by atoms with Gasteiger partial charge >= 0.3 is 6.03 Å². The van der Waals surface area contributed by atoms with Crippen LogP contribution >= 0.6 is 0 Å². The van der Waals surface area contributed by atoms with Gasteiger partial charge in [0.2, 0.25) is 10.0 Å². The van der Waals surface area contributed by atoms with E-state index >= 15 is 0 Å². The fraction of sp³-hybridized carbons (Fsp3) is 0.100. The molecule has 0 spiro atoms. The molecule has 3 aromatic rings. The van der Waals surface area contributed by atoms with Crippen LogP contribution in [0.3, 0.4) is 0 Å². The molecule has 3 rings (SSSR count). The van der Waals surface area contributed by atoms with E-state index in [2.05, 4.69) is 20.3 Å². The maximum absolute atomic E-state index is 13.7. The van der Waals surface area contributed by atoms with E-state index in [0.29, 0.717) is 17.9 Å². The topological polar surface area (TPSA) is 100 Å². The van der Waals surface area contributed by atoms with Gasteiger partial charge in [-0.25, -0.2) is 17.6 Å². The van der Waals surface area contributed by atoms with E-state index in [0.717, 1.165) is 5.56 Å². The largest absolute Gasteiger partial charge is 0.334 e. The Balaban J connectivity index is 1.54. The number of sulfonamides is 1. The highest BCUT2D eigenvalue weighted by atomic mass is 32.2. The second-order valence-corrected chi connectivity index (χ2v) is 7.92. The number of anilines is 2. The Morgan fingerprint density at radius 2 is 1.59 bits per heavy atom. The molecule has 7 nitrogen and oxygen atoms in total. The van der Waals surface area contributed by atoms with Crippen LogP contribution in [0.25, 0.3) is 0 Å². The molecule has 0 fully saturated rings. The summed E-state index contributed by atoms with van der Waals surface area (Å²) in [6.07, 6.45) is 3.28. The maximum atomic E-state index is 13.7. The summed E-state index contributed by atoms with van der Waals surface area (Å²) in [5, 5.41) is 5.37. The molecule has 9 heteroatoms. The van der Waals surface area contributed by atoms with Gasteiger partial charge in [-0.3, -0.25) is 9.71 Å². The minimum Gasteiger partial charge on any atom is -0.334 e. The minimum atomic E-state index is -3.78. The second-order valence-electron chi connectivity index (χ2n) is 6.19. The average molecular weight is 414 g/mol. The van der Waals surface area contributed by atoms with Crippen molar-refractivity contribution in [3.63, 3.8) is 0 Å². The highest BCUT2D eigenvalue weighted by molar-refractivity contribution is 7.91. The van der Waals surface area contributed by atoms with Crippen LogP contribution in [0.1, 0.15) is 11.1 Å². The molecule has 0 aliphatic rings. The van der Waals surface area contributed by atoms with Crippen molar-refractivity contribution in [2.24, 2.45) is 0 Å². The van der Waals surface area contributed by atoms with Crippen LogP contribution in [0.2, 0.25) is 0 Å². The van der Waals surface area contributed by atoms with Gasteiger partial charge in [0.1, 0.15) is 5.82 Å². The number of halogens is 1. The molecule has 150 valence electrons. The van der Waals surface area contributed by atoms with Crippen LogP contribution in [-0.4, -0.2) is 19.4 Å². The molecule has 2 aromatic carbocycles. The van der Waals surface area contributed by atoms with Gasteiger partial charge in [0.05, 0.1) is 5.75 Å². The van der Waals surface area contributed by atoms with E-state index in [1.54, 1.807) is 42.7 Å². The first kappa shape index (κ1) is 20.3. The van der Waals surface area contributed by atoms with Gasteiger partial charge in [-0.05, 0) is 48.0 Å². The average Bonchev–Trinajstić information content (AvgIpc) is 2.70. The van der Waals surface area contributed by atoms with E-state index in [4.69, 9.17) is 0 Å². The lowest BCUT2D eigenvalue weighted by atomic mass is 10.2. The fourth-order valence-corrected chi connectivity index (χ4v) is 3.73. The first-order valence-corrected chi connectivity index (χ1v) is 10.3. The number of aromatic nitrogens is 1. The fourth-order valence-electron chi connectivity index (χ4n) is 2.52. The van der Waals surface area contributed by atoms with Crippen molar-refractivity contribution >= 4 is 27.4 Å². The van der Waals surface area contributed by atoms with E-state index in [9.17, 15) is 17.6 Å². The number of benzene rings is 2. The van der Waals surface area contributed by atoms with Crippen molar-refractivity contribution in [3.8, 4) is 0 Å². The predicted molar refractivity (Wildman–Crippen MR) is 109 cm³/mol. The summed E-state index contributed by atoms with van der Waals surface area (Å²) < 4.78 is 40.5. The van der Waals surface area contributed by atoms with Crippen molar-refractivity contribution in [2.75, 3.05) is 10.0 Å². The van der Waals surface area contributed by atoms with Gasteiger partial charge in [-0.1, -0.05) is 18.2 Å². The summed E-state index contributed by atoms with van der Waals surface area (Å²) in [6, 6.07) is 15.1. The molecule has 0 aliphatic heterocycles. The molecule has 0 radical (unpaired) electrons. The van der Waals surface area contributed by atoms with Crippen LogP contribution in [0.4, 0.5) is 20.6 Å². The van der Waals surface area contributed by atoms with Crippen molar-refractivity contribution in [1.29, 1.82) is 0 Å². The Labute approximate surface area is 168 Å². The third-order valence-corrected chi connectivity index (χ3v) is 5.16. The molecule has 0 saturated heterocycles. The smallest absolute Gasteiger partial charge is 0.319 e. The molecule has 0 atom stereocenters. The Hall–Kier alpha value is -3.46. The summed E-state index contributed by atoms with van der Waals surface area (Å²) in [4.78, 5) is 15.9. The molecule has 2 amide bonds. The second kappa shape index (κ2) is 9.16. The van der Waals surface area contributed by atoms with Crippen molar-refractivity contribution < 1.29 is 17.6 Å². The SMILES string of the molecule is O=C(NCc1ccncc1)Nc1ccc(NS(=O)(=O)Cc2ccccc2F)cc1.